The van der Waals surface area contributed by atoms with E-state index in [2.05, 4.69) is 0 Å². The fourth-order valence-electron chi connectivity index (χ4n) is 1.05. The maximum Gasteiger partial charge on any atom is 0.164 e. The predicted molar refractivity (Wildman–Crippen MR) is 53.7 cm³/mol. The minimum atomic E-state index is -0.389. The van der Waals surface area contributed by atoms with Gasteiger partial charge in [0.25, 0.3) is 0 Å². The smallest absolute Gasteiger partial charge is 0.164 e. The molecule has 82 valence electrons. The molecule has 0 aromatic heterocycles. The molecule has 0 saturated carbocycles. The van der Waals surface area contributed by atoms with Crippen molar-refractivity contribution in [3.63, 3.8) is 0 Å². The van der Waals surface area contributed by atoms with Crippen LogP contribution in [0.5, 0.6) is 11.5 Å². The molecule has 3 nitrogen and oxygen atoms in total. The van der Waals surface area contributed by atoms with E-state index in [9.17, 15) is 9.18 Å². The third-order valence-corrected chi connectivity index (χ3v) is 1.67. The highest BCUT2D eigenvalue weighted by molar-refractivity contribution is 5.52. The summed E-state index contributed by atoms with van der Waals surface area (Å²) in [6.07, 6.45) is 1.45. The number of benzene rings is 1. The van der Waals surface area contributed by atoms with Crippen LogP contribution >= 0.6 is 0 Å². The van der Waals surface area contributed by atoms with Crippen LogP contribution < -0.4 is 9.47 Å². The quantitative estimate of drug-likeness (QED) is 0.678. The van der Waals surface area contributed by atoms with Gasteiger partial charge in [0.05, 0.1) is 6.61 Å². The molecule has 0 aliphatic carbocycles. The maximum absolute atomic E-state index is 12.9. The van der Waals surface area contributed by atoms with E-state index in [4.69, 9.17) is 9.47 Å². The first-order valence-corrected chi connectivity index (χ1v) is 4.76. The molecule has 0 spiro atoms. The second-order valence-corrected chi connectivity index (χ2v) is 2.92. The number of halogens is 1. The highest BCUT2D eigenvalue weighted by Crippen LogP contribution is 2.27. The molecule has 15 heavy (non-hydrogen) atoms. The fourth-order valence-corrected chi connectivity index (χ4v) is 1.05. The van der Waals surface area contributed by atoms with Gasteiger partial charge in [0.2, 0.25) is 0 Å². The Balaban J connectivity index is 2.77. The summed E-state index contributed by atoms with van der Waals surface area (Å²) in [6, 6.07) is 3.96. The van der Waals surface area contributed by atoms with Crippen molar-refractivity contribution < 1.29 is 18.7 Å². The molecular formula is C11H13FO3. The molecule has 1 aromatic rings. The van der Waals surface area contributed by atoms with Crippen LogP contribution in [0.3, 0.4) is 0 Å². The lowest BCUT2D eigenvalue weighted by Crippen LogP contribution is -2.02. The Hall–Kier alpha value is -1.58. The Morgan fingerprint density at radius 3 is 2.80 bits per heavy atom. The molecule has 0 radical (unpaired) electrons. The van der Waals surface area contributed by atoms with Gasteiger partial charge in [-0.25, -0.2) is 4.39 Å². The molecule has 0 N–H and O–H groups in total. The number of hydrogen-bond acceptors (Lipinski definition) is 3. The van der Waals surface area contributed by atoms with Crippen molar-refractivity contribution in [2.75, 3.05) is 13.2 Å². The standard InChI is InChI=1S/C11H13FO3/c1-2-6-14-11-8-9(12)3-4-10(11)15-7-5-13/h3-5,8H,2,6-7H2,1H3. The number of rotatable bonds is 6. The molecule has 1 aromatic carbocycles. The van der Waals surface area contributed by atoms with Crippen LogP contribution in [0.2, 0.25) is 0 Å². The van der Waals surface area contributed by atoms with Gasteiger partial charge in [-0.05, 0) is 18.6 Å². The summed E-state index contributed by atoms with van der Waals surface area (Å²) in [5, 5.41) is 0. The van der Waals surface area contributed by atoms with E-state index in [0.717, 1.165) is 6.42 Å². The lowest BCUT2D eigenvalue weighted by atomic mass is 10.3. The molecule has 0 aliphatic heterocycles. The van der Waals surface area contributed by atoms with Gasteiger partial charge >= 0.3 is 0 Å². The number of aldehydes is 1. The van der Waals surface area contributed by atoms with Crippen LogP contribution in [-0.2, 0) is 4.79 Å². The highest BCUT2D eigenvalue weighted by Gasteiger charge is 2.06. The molecule has 0 heterocycles. The molecule has 0 saturated heterocycles. The van der Waals surface area contributed by atoms with Crippen molar-refractivity contribution in [2.45, 2.75) is 13.3 Å². The van der Waals surface area contributed by atoms with Crippen LogP contribution in [-0.4, -0.2) is 19.5 Å². The average molecular weight is 212 g/mol. The van der Waals surface area contributed by atoms with Gasteiger partial charge in [0.1, 0.15) is 12.4 Å². The predicted octanol–water partition coefficient (Wildman–Crippen LogP) is 2.19. The molecule has 0 fully saturated rings. The van der Waals surface area contributed by atoms with E-state index >= 15 is 0 Å². The molecule has 1 rings (SSSR count). The van der Waals surface area contributed by atoms with E-state index in [1.165, 1.54) is 18.2 Å². The molecule has 0 unspecified atom stereocenters. The van der Waals surface area contributed by atoms with Crippen LogP contribution in [0.15, 0.2) is 18.2 Å². The molecule has 0 atom stereocenters. The van der Waals surface area contributed by atoms with Crippen molar-refractivity contribution in [1.29, 1.82) is 0 Å². The molecular weight excluding hydrogens is 199 g/mol. The molecule has 4 heteroatoms. The first-order valence-electron chi connectivity index (χ1n) is 4.76. The topological polar surface area (TPSA) is 35.5 Å². The average Bonchev–Trinajstić information content (AvgIpc) is 2.25. The van der Waals surface area contributed by atoms with Crippen molar-refractivity contribution in [2.24, 2.45) is 0 Å². The zero-order valence-corrected chi connectivity index (χ0v) is 8.53. The lowest BCUT2D eigenvalue weighted by molar-refractivity contribution is -0.109. The van der Waals surface area contributed by atoms with Crippen molar-refractivity contribution in [3.8, 4) is 11.5 Å². The highest BCUT2D eigenvalue weighted by atomic mass is 19.1. The normalized spacial score (nSPS) is 9.73. The van der Waals surface area contributed by atoms with Gasteiger partial charge in [-0.15, -0.1) is 0 Å². The summed E-state index contributed by atoms with van der Waals surface area (Å²) in [7, 11) is 0. The summed E-state index contributed by atoms with van der Waals surface area (Å²) in [6.45, 7) is 2.38. The Labute approximate surface area is 87.8 Å². The minimum Gasteiger partial charge on any atom is -0.490 e. The minimum absolute atomic E-state index is 0.0614. The van der Waals surface area contributed by atoms with E-state index in [0.29, 0.717) is 24.4 Å². The van der Waals surface area contributed by atoms with Gasteiger partial charge in [0, 0.05) is 6.07 Å². The number of carbonyl (C=O) groups excluding carboxylic acids is 1. The summed E-state index contributed by atoms with van der Waals surface area (Å²) < 4.78 is 23.3. The largest absolute Gasteiger partial charge is 0.490 e. The van der Waals surface area contributed by atoms with Crippen LogP contribution in [0.4, 0.5) is 4.39 Å². The van der Waals surface area contributed by atoms with Gasteiger partial charge in [-0.3, -0.25) is 4.79 Å². The maximum atomic E-state index is 12.9. The lowest BCUT2D eigenvalue weighted by Gasteiger charge is -2.10. The zero-order chi connectivity index (χ0) is 11.1. The van der Waals surface area contributed by atoms with Crippen molar-refractivity contribution in [1.82, 2.24) is 0 Å². The second kappa shape index (κ2) is 6.01. The summed E-state index contributed by atoms with van der Waals surface area (Å²) in [4.78, 5) is 10.1. The number of hydrogen-bond donors (Lipinski definition) is 0. The molecule has 0 bridgehead atoms. The molecule has 0 amide bonds. The zero-order valence-electron chi connectivity index (χ0n) is 8.53. The Morgan fingerprint density at radius 2 is 2.13 bits per heavy atom. The van der Waals surface area contributed by atoms with Gasteiger partial charge in [0.15, 0.2) is 17.8 Å². The monoisotopic (exact) mass is 212 g/mol. The van der Waals surface area contributed by atoms with Crippen LogP contribution in [0.25, 0.3) is 0 Å². The third-order valence-electron chi connectivity index (χ3n) is 1.67. The second-order valence-electron chi connectivity index (χ2n) is 2.92. The fraction of sp³-hybridized carbons (Fsp3) is 0.364. The number of ether oxygens (including phenoxy) is 2. The molecule has 0 aliphatic rings. The van der Waals surface area contributed by atoms with Crippen LogP contribution in [0.1, 0.15) is 13.3 Å². The Morgan fingerprint density at radius 1 is 1.33 bits per heavy atom. The van der Waals surface area contributed by atoms with E-state index in [1.54, 1.807) is 0 Å². The summed E-state index contributed by atoms with van der Waals surface area (Å²) in [5.74, 6) is 0.329. The van der Waals surface area contributed by atoms with Gasteiger partial charge in [-0.2, -0.15) is 0 Å². The Bertz CT molecular complexity index is 326. The van der Waals surface area contributed by atoms with Crippen molar-refractivity contribution >= 4 is 6.29 Å². The van der Waals surface area contributed by atoms with E-state index < -0.39 is 0 Å². The van der Waals surface area contributed by atoms with Crippen molar-refractivity contribution in [3.05, 3.63) is 24.0 Å². The van der Waals surface area contributed by atoms with Gasteiger partial charge in [-0.1, -0.05) is 6.92 Å². The van der Waals surface area contributed by atoms with E-state index in [1.807, 2.05) is 6.92 Å². The van der Waals surface area contributed by atoms with Crippen LogP contribution in [0, 0.1) is 5.82 Å². The SMILES string of the molecule is CCCOc1cc(F)ccc1OCC=O. The first kappa shape index (κ1) is 11.5. The summed E-state index contributed by atoms with van der Waals surface area (Å²) in [5.41, 5.74) is 0. The summed E-state index contributed by atoms with van der Waals surface area (Å²) >= 11 is 0. The first-order chi connectivity index (χ1) is 7.27. The van der Waals surface area contributed by atoms with E-state index in [-0.39, 0.29) is 12.4 Å². The third kappa shape index (κ3) is 3.58. The van der Waals surface area contributed by atoms with Gasteiger partial charge < -0.3 is 9.47 Å². The Kier molecular flexibility index (Phi) is 4.60. The number of carbonyl (C=O) groups is 1.